The Morgan fingerprint density at radius 1 is 1.33 bits per heavy atom. The number of nitrogens with two attached hydrogens (primary N) is 1. The van der Waals surface area contributed by atoms with Crippen molar-refractivity contribution in [3.8, 4) is 0 Å². The van der Waals surface area contributed by atoms with E-state index in [0.717, 1.165) is 11.3 Å². The number of carbonyl (C=O) groups is 2. The van der Waals surface area contributed by atoms with Gasteiger partial charge >= 0.3 is 11.9 Å². The first-order valence-electron chi connectivity index (χ1n) is 7.00. The molecule has 0 aromatic carbocycles. The Morgan fingerprint density at radius 3 is 2.58 bits per heavy atom. The third-order valence-electron chi connectivity index (χ3n) is 3.24. The van der Waals surface area contributed by atoms with E-state index in [1.165, 1.54) is 26.0 Å². The zero-order valence-corrected chi connectivity index (χ0v) is 15.4. The molecule has 2 N–H and O–H groups in total. The summed E-state index contributed by atoms with van der Waals surface area (Å²) < 4.78 is 11.5. The highest BCUT2D eigenvalue weighted by molar-refractivity contribution is 7.98. The Kier molecular flexibility index (Phi) is 5.84. The molecule has 0 bridgehead atoms. The minimum atomic E-state index is -0.583. The van der Waals surface area contributed by atoms with Crippen molar-refractivity contribution in [2.24, 2.45) is 0 Å². The average Bonchev–Trinajstić information content (AvgIpc) is 3.15. The number of nitrogens with zero attached hydrogens (tertiary/aromatic N) is 3. The summed E-state index contributed by atoms with van der Waals surface area (Å²) in [7, 11) is 2.55. The molecule has 24 heavy (non-hydrogen) atoms. The number of rotatable bonds is 6. The molecule has 0 aliphatic carbocycles. The molecule has 0 radical (unpaired) electrons. The quantitative estimate of drug-likeness (QED) is 0.610. The molecule has 10 heteroatoms. The zero-order chi connectivity index (χ0) is 17.9. The van der Waals surface area contributed by atoms with Gasteiger partial charge in [-0.25, -0.2) is 9.59 Å². The Hall–Kier alpha value is -2.07. The lowest BCUT2D eigenvalue weighted by Crippen LogP contribution is -2.09. The van der Waals surface area contributed by atoms with Gasteiger partial charge in [0.2, 0.25) is 0 Å². The number of carbonyl (C=O) groups excluding carboxylic acids is 2. The van der Waals surface area contributed by atoms with E-state index in [-0.39, 0.29) is 16.6 Å². The molecule has 2 aromatic rings. The van der Waals surface area contributed by atoms with Crippen LogP contribution >= 0.6 is 23.1 Å². The summed E-state index contributed by atoms with van der Waals surface area (Å²) in [6.07, 6.45) is 1.64. The summed E-state index contributed by atoms with van der Waals surface area (Å²) in [4.78, 5) is 24.3. The molecule has 0 unspecified atom stereocenters. The Morgan fingerprint density at radius 2 is 2.00 bits per heavy atom. The fourth-order valence-electron chi connectivity index (χ4n) is 2.03. The molecule has 8 nitrogen and oxygen atoms in total. The van der Waals surface area contributed by atoms with Crippen molar-refractivity contribution in [1.29, 1.82) is 0 Å². The van der Waals surface area contributed by atoms with Crippen molar-refractivity contribution in [2.45, 2.75) is 30.8 Å². The van der Waals surface area contributed by atoms with E-state index in [0.29, 0.717) is 21.3 Å². The van der Waals surface area contributed by atoms with Crippen LogP contribution in [-0.4, -0.2) is 40.9 Å². The van der Waals surface area contributed by atoms with E-state index < -0.39 is 11.9 Å². The number of thiophene rings is 1. The van der Waals surface area contributed by atoms with Crippen LogP contribution in [0.1, 0.15) is 45.5 Å². The number of ether oxygens (including phenoxy) is 2. The van der Waals surface area contributed by atoms with Crippen molar-refractivity contribution >= 4 is 40.0 Å². The van der Waals surface area contributed by atoms with Crippen molar-refractivity contribution in [2.75, 3.05) is 20.0 Å². The molecule has 0 saturated heterocycles. The van der Waals surface area contributed by atoms with Crippen molar-refractivity contribution in [3.63, 3.8) is 0 Å². The van der Waals surface area contributed by atoms with Gasteiger partial charge in [0.25, 0.3) is 0 Å². The van der Waals surface area contributed by atoms with Crippen LogP contribution in [0.15, 0.2) is 11.5 Å². The first-order valence-corrected chi connectivity index (χ1v) is 8.80. The summed E-state index contributed by atoms with van der Waals surface area (Å²) in [6, 6.07) is 0.190. The van der Waals surface area contributed by atoms with E-state index >= 15 is 0 Å². The van der Waals surface area contributed by atoms with Gasteiger partial charge in [-0.15, -0.1) is 21.5 Å². The van der Waals surface area contributed by atoms with Gasteiger partial charge in [0, 0.05) is 17.4 Å². The molecule has 2 rings (SSSR count). The lowest BCUT2D eigenvalue weighted by atomic mass is 10.1. The van der Waals surface area contributed by atoms with Crippen molar-refractivity contribution in [3.05, 3.63) is 22.3 Å². The van der Waals surface area contributed by atoms with Gasteiger partial charge in [0.15, 0.2) is 5.16 Å². The van der Waals surface area contributed by atoms with Gasteiger partial charge in [-0.1, -0.05) is 11.8 Å². The monoisotopic (exact) mass is 370 g/mol. The average molecular weight is 370 g/mol. The smallest absolute Gasteiger partial charge is 0.348 e. The molecular formula is C14H18N4O4S2. The van der Waals surface area contributed by atoms with E-state index in [2.05, 4.69) is 10.2 Å². The lowest BCUT2D eigenvalue weighted by molar-refractivity contribution is 0.0601. The van der Waals surface area contributed by atoms with Gasteiger partial charge in [0.1, 0.15) is 16.2 Å². The maximum absolute atomic E-state index is 12.0. The highest BCUT2D eigenvalue weighted by Crippen LogP contribution is 2.36. The minimum absolute atomic E-state index is 0.190. The maximum atomic E-state index is 12.0. The fraction of sp³-hybridized carbons (Fsp3) is 0.429. The maximum Gasteiger partial charge on any atom is 0.348 e. The normalized spacial score (nSPS) is 10.9. The number of hydrogen-bond donors (Lipinski definition) is 1. The first kappa shape index (κ1) is 18.3. The molecule has 0 amide bonds. The molecule has 130 valence electrons. The Bertz CT molecular complexity index is 754. The van der Waals surface area contributed by atoms with E-state index in [1.807, 2.05) is 18.4 Å². The van der Waals surface area contributed by atoms with Crippen LogP contribution in [-0.2, 0) is 15.2 Å². The predicted octanol–water partition coefficient (Wildman–Crippen LogP) is 2.37. The number of methoxy groups -OCH3 is 2. The highest BCUT2D eigenvalue weighted by atomic mass is 32.2. The number of nitrogen functional groups attached to an aromatic ring is 1. The SMILES string of the molecule is COC(=O)c1sc(N)c(C(=O)OC)c1CSc1nncn1C(C)C. The van der Waals surface area contributed by atoms with E-state index in [4.69, 9.17) is 15.2 Å². The van der Waals surface area contributed by atoms with Gasteiger partial charge in [0.05, 0.1) is 19.8 Å². The summed E-state index contributed by atoms with van der Waals surface area (Å²) in [6.45, 7) is 4.02. The van der Waals surface area contributed by atoms with Gasteiger partial charge in [-0.05, 0) is 13.8 Å². The zero-order valence-electron chi connectivity index (χ0n) is 13.7. The highest BCUT2D eigenvalue weighted by Gasteiger charge is 2.27. The molecule has 0 aliphatic rings. The number of esters is 2. The van der Waals surface area contributed by atoms with Crippen LogP contribution in [0.4, 0.5) is 5.00 Å². The number of anilines is 1. The van der Waals surface area contributed by atoms with Gasteiger partial charge < -0.3 is 19.8 Å². The molecule has 0 fully saturated rings. The molecule has 2 aromatic heterocycles. The van der Waals surface area contributed by atoms with Crippen LogP contribution in [0.25, 0.3) is 0 Å². The molecular weight excluding hydrogens is 352 g/mol. The molecule has 0 atom stereocenters. The van der Waals surface area contributed by atoms with Crippen LogP contribution in [0.3, 0.4) is 0 Å². The third-order valence-corrected chi connectivity index (χ3v) is 5.26. The number of thioether (sulfide) groups is 1. The summed E-state index contributed by atoms with van der Waals surface area (Å²) in [5.74, 6) is -0.809. The standard InChI is InChI=1S/C14H18N4O4S2/c1-7(2)18-6-16-17-14(18)23-5-8-9(12(19)21-3)11(15)24-10(8)13(20)22-4/h6-7H,5,15H2,1-4H3. The van der Waals surface area contributed by atoms with Gasteiger partial charge in [-0.3, -0.25) is 0 Å². The second kappa shape index (κ2) is 7.67. The molecule has 0 spiro atoms. The first-order chi connectivity index (χ1) is 11.4. The van der Waals surface area contributed by atoms with Crippen LogP contribution in [0.2, 0.25) is 0 Å². The lowest BCUT2D eigenvalue weighted by Gasteiger charge is -2.10. The Balaban J connectivity index is 2.38. The van der Waals surface area contributed by atoms with Crippen LogP contribution in [0.5, 0.6) is 0 Å². The molecule has 0 saturated carbocycles. The van der Waals surface area contributed by atoms with E-state index in [1.54, 1.807) is 6.33 Å². The van der Waals surface area contributed by atoms with Crippen molar-refractivity contribution < 1.29 is 19.1 Å². The molecule has 2 heterocycles. The van der Waals surface area contributed by atoms with Crippen LogP contribution < -0.4 is 5.73 Å². The largest absolute Gasteiger partial charge is 0.465 e. The predicted molar refractivity (Wildman–Crippen MR) is 91.4 cm³/mol. The second-order valence-electron chi connectivity index (χ2n) is 5.04. The van der Waals surface area contributed by atoms with Crippen molar-refractivity contribution in [1.82, 2.24) is 14.8 Å². The van der Waals surface area contributed by atoms with Gasteiger partial charge in [-0.2, -0.15) is 0 Å². The summed E-state index contributed by atoms with van der Waals surface area (Å²) >= 11 is 2.37. The molecule has 0 aliphatic heterocycles. The summed E-state index contributed by atoms with van der Waals surface area (Å²) in [5, 5.41) is 8.87. The minimum Gasteiger partial charge on any atom is -0.465 e. The Labute approximate surface area is 147 Å². The fourth-order valence-corrected chi connectivity index (χ4v) is 4.19. The summed E-state index contributed by atoms with van der Waals surface area (Å²) in [5.41, 5.74) is 6.59. The number of hydrogen-bond acceptors (Lipinski definition) is 9. The third kappa shape index (κ3) is 3.54. The number of aromatic nitrogens is 3. The topological polar surface area (TPSA) is 109 Å². The van der Waals surface area contributed by atoms with Crippen LogP contribution in [0, 0.1) is 0 Å². The second-order valence-corrected chi connectivity index (χ2v) is 7.03. The van der Waals surface area contributed by atoms with E-state index in [9.17, 15) is 9.59 Å².